The number of nitrogens with two attached hydrogens (primary N) is 1. The molecule has 0 aliphatic heterocycles. The van der Waals surface area contributed by atoms with Gasteiger partial charge >= 0.3 is 0 Å². The topological polar surface area (TPSA) is 103 Å². The number of hydrazine groups is 1. The lowest BCUT2D eigenvalue weighted by atomic mass is 10.6. The predicted molar refractivity (Wildman–Crippen MR) is 52.1 cm³/mol. The SMILES string of the molecule is Br.CC(=O)NCCNNC(=N)N. The molecular formula is C5H14BrN5O. The molecule has 0 aliphatic carbocycles. The summed E-state index contributed by atoms with van der Waals surface area (Å²) >= 11 is 0. The fourth-order valence-corrected chi connectivity index (χ4v) is 0.459. The zero-order chi connectivity index (χ0) is 8.69. The van der Waals surface area contributed by atoms with Crippen molar-refractivity contribution in [2.75, 3.05) is 13.1 Å². The largest absolute Gasteiger partial charge is 0.369 e. The number of rotatable bonds is 4. The molecule has 0 spiro atoms. The lowest BCUT2D eigenvalue weighted by Crippen LogP contribution is -2.44. The van der Waals surface area contributed by atoms with E-state index in [2.05, 4.69) is 16.2 Å². The highest BCUT2D eigenvalue weighted by Gasteiger charge is 1.89. The van der Waals surface area contributed by atoms with E-state index in [1.54, 1.807) is 0 Å². The summed E-state index contributed by atoms with van der Waals surface area (Å²) < 4.78 is 0. The summed E-state index contributed by atoms with van der Waals surface area (Å²) in [6.07, 6.45) is 0. The van der Waals surface area contributed by atoms with Crippen LogP contribution in [0.25, 0.3) is 0 Å². The third-order valence-corrected chi connectivity index (χ3v) is 0.847. The lowest BCUT2D eigenvalue weighted by molar-refractivity contribution is -0.118. The van der Waals surface area contributed by atoms with Crippen LogP contribution in [0, 0.1) is 5.41 Å². The van der Waals surface area contributed by atoms with Crippen molar-refractivity contribution in [3.8, 4) is 0 Å². The Hall–Kier alpha value is -0.820. The van der Waals surface area contributed by atoms with Gasteiger partial charge in [-0.05, 0) is 0 Å². The van der Waals surface area contributed by atoms with Crippen LogP contribution in [0.1, 0.15) is 6.92 Å². The van der Waals surface area contributed by atoms with Crippen molar-refractivity contribution in [3.63, 3.8) is 0 Å². The van der Waals surface area contributed by atoms with Crippen molar-refractivity contribution in [3.05, 3.63) is 0 Å². The molecule has 1 amide bonds. The van der Waals surface area contributed by atoms with Gasteiger partial charge in [0.25, 0.3) is 0 Å². The Bertz CT molecular complexity index is 135. The molecule has 0 aromatic rings. The first-order valence-electron chi connectivity index (χ1n) is 3.20. The fraction of sp³-hybridized carbons (Fsp3) is 0.600. The van der Waals surface area contributed by atoms with Gasteiger partial charge in [0.2, 0.25) is 5.91 Å². The second-order valence-corrected chi connectivity index (χ2v) is 1.95. The number of guanidine groups is 1. The minimum Gasteiger partial charge on any atom is -0.369 e. The van der Waals surface area contributed by atoms with E-state index < -0.39 is 0 Å². The van der Waals surface area contributed by atoms with E-state index in [1.165, 1.54) is 6.92 Å². The molecule has 0 atom stereocenters. The highest BCUT2D eigenvalue weighted by atomic mass is 79.9. The van der Waals surface area contributed by atoms with Gasteiger partial charge in [-0.3, -0.25) is 15.6 Å². The van der Waals surface area contributed by atoms with Crippen LogP contribution in [-0.2, 0) is 4.79 Å². The van der Waals surface area contributed by atoms with Crippen molar-refractivity contribution in [1.29, 1.82) is 5.41 Å². The van der Waals surface area contributed by atoms with E-state index in [-0.39, 0.29) is 28.8 Å². The van der Waals surface area contributed by atoms with Gasteiger partial charge in [-0.15, -0.1) is 17.0 Å². The fourth-order valence-electron chi connectivity index (χ4n) is 0.459. The quantitative estimate of drug-likeness (QED) is 0.182. The molecule has 0 unspecified atom stereocenters. The monoisotopic (exact) mass is 239 g/mol. The van der Waals surface area contributed by atoms with Crippen molar-refractivity contribution in [1.82, 2.24) is 16.2 Å². The maximum absolute atomic E-state index is 10.3. The molecular weight excluding hydrogens is 226 g/mol. The molecule has 0 aliphatic rings. The lowest BCUT2D eigenvalue weighted by Gasteiger charge is -2.05. The van der Waals surface area contributed by atoms with Gasteiger partial charge in [0.1, 0.15) is 0 Å². The second kappa shape index (κ2) is 8.28. The van der Waals surface area contributed by atoms with E-state index in [9.17, 15) is 4.79 Å². The second-order valence-electron chi connectivity index (χ2n) is 1.95. The third kappa shape index (κ3) is 11.9. The molecule has 0 saturated heterocycles. The van der Waals surface area contributed by atoms with Gasteiger partial charge in [-0.2, -0.15) is 0 Å². The Labute approximate surface area is 81.5 Å². The molecule has 6 N–H and O–H groups in total. The molecule has 0 aromatic heterocycles. The Balaban J connectivity index is 0. The Morgan fingerprint density at radius 1 is 1.50 bits per heavy atom. The predicted octanol–water partition coefficient (Wildman–Crippen LogP) is -1.31. The molecule has 0 saturated carbocycles. The van der Waals surface area contributed by atoms with Crippen LogP contribution in [0.4, 0.5) is 0 Å². The summed E-state index contributed by atoms with van der Waals surface area (Å²) in [5.41, 5.74) is 9.96. The van der Waals surface area contributed by atoms with Crippen LogP contribution < -0.4 is 21.9 Å². The third-order valence-electron chi connectivity index (χ3n) is 0.847. The molecule has 12 heavy (non-hydrogen) atoms. The van der Waals surface area contributed by atoms with Gasteiger partial charge in [-0.1, -0.05) is 0 Å². The van der Waals surface area contributed by atoms with E-state index in [0.717, 1.165) is 0 Å². The molecule has 7 heteroatoms. The van der Waals surface area contributed by atoms with Gasteiger partial charge in [0.05, 0.1) is 0 Å². The first kappa shape index (κ1) is 13.7. The van der Waals surface area contributed by atoms with Gasteiger partial charge in [0.15, 0.2) is 5.96 Å². The van der Waals surface area contributed by atoms with E-state index in [0.29, 0.717) is 13.1 Å². The molecule has 0 bridgehead atoms. The zero-order valence-electron chi connectivity index (χ0n) is 6.81. The smallest absolute Gasteiger partial charge is 0.216 e. The number of halogens is 1. The van der Waals surface area contributed by atoms with E-state index in [4.69, 9.17) is 11.1 Å². The van der Waals surface area contributed by atoms with E-state index >= 15 is 0 Å². The summed E-state index contributed by atoms with van der Waals surface area (Å²) in [4.78, 5) is 10.3. The first-order valence-corrected chi connectivity index (χ1v) is 3.20. The van der Waals surface area contributed by atoms with Crippen molar-refractivity contribution >= 4 is 28.8 Å². The first-order chi connectivity index (χ1) is 5.13. The molecule has 0 rings (SSSR count). The molecule has 0 fully saturated rings. The van der Waals surface area contributed by atoms with Crippen LogP contribution in [0.5, 0.6) is 0 Å². The Kier molecular flexibility index (Phi) is 9.48. The Morgan fingerprint density at radius 3 is 2.50 bits per heavy atom. The summed E-state index contributed by atoms with van der Waals surface area (Å²) in [5, 5.41) is 9.30. The number of hydrogen-bond donors (Lipinski definition) is 5. The highest BCUT2D eigenvalue weighted by molar-refractivity contribution is 8.93. The molecule has 6 nitrogen and oxygen atoms in total. The van der Waals surface area contributed by atoms with Gasteiger partial charge in [0, 0.05) is 20.0 Å². The summed E-state index contributed by atoms with van der Waals surface area (Å²) in [7, 11) is 0. The minimum atomic E-state index is -0.146. The summed E-state index contributed by atoms with van der Waals surface area (Å²) in [6.45, 7) is 2.48. The van der Waals surface area contributed by atoms with Crippen molar-refractivity contribution < 1.29 is 4.79 Å². The van der Waals surface area contributed by atoms with Crippen LogP contribution in [0.15, 0.2) is 0 Å². The molecule has 0 radical (unpaired) electrons. The Morgan fingerprint density at radius 2 is 2.08 bits per heavy atom. The normalized spacial score (nSPS) is 8.08. The standard InChI is InChI=1S/C5H13N5O.BrH/c1-4(11)8-2-3-9-10-5(6)7;/h9H,2-3H2,1H3,(H,8,11)(H4,6,7,10);1H. The number of carbonyl (C=O) groups is 1. The average Bonchev–Trinajstić information content (AvgIpc) is 1.85. The molecule has 0 aromatic carbocycles. The molecule has 0 heterocycles. The number of amides is 1. The van der Waals surface area contributed by atoms with Gasteiger partial charge < -0.3 is 11.1 Å². The van der Waals surface area contributed by atoms with Crippen molar-refractivity contribution in [2.45, 2.75) is 6.92 Å². The highest BCUT2D eigenvalue weighted by Crippen LogP contribution is 1.58. The van der Waals surface area contributed by atoms with Crippen LogP contribution in [-0.4, -0.2) is 25.0 Å². The number of carbonyl (C=O) groups excluding carboxylic acids is 1. The van der Waals surface area contributed by atoms with Gasteiger partial charge in [-0.25, -0.2) is 5.43 Å². The maximum atomic E-state index is 10.3. The number of hydrogen-bond acceptors (Lipinski definition) is 3. The van der Waals surface area contributed by atoms with Crippen LogP contribution in [0.2, 0.25) is 0 Å². The summed E-state index contributed by atoms with van der Waals surface area (Å²) in [5.74, 6) is -0.220. The minimum absolute atomic E-state index is 0. The zero-order valence-corrected chi connectivity index (χ0v) is 8.52. The summed E-state index contributed by atoms with van der Waals surface area (Å²) in [6, 6.07) is 0. The van der Waals surface area contributed by atoms with Crippen molar-refractivity contribution in [2.24, 2.45) is 5.73 Å². The van der Waals surface area contributed by atoms with Crippen LogP contribution in [0.3, 0.4) is 0 Å². The molecule has 72 valence electrons. The maximum Gasteiger partial charge on any atom is 0.216 e. The average molecular weight is 240 g/mol. The van der Waals surface area contributed by atoms with Crippen LogP contribution >= 0.6 is 17.0 Å². The van der Waals surface area contributed by atoms with E-state index in [1.807, 2.05) is 0 Å². The number of nitrogens with one attached hydrogen (secondary N) is 4.